The first-order valence-electron chi connectivity index (χ1n) is 8.87. The molecule has 4 nitrogen and oxygen atoms in total. The number of nitrogens with one attached hydrogen (secondary N) is 1. The largest absolute Gasteiger partial charge is 0.494 e. The number of fused-ring (bicyclic) bond motifs is 3. The van der Waals surface area contributed by atoms with E-state index in [0.29, 0.717) is 6.61 Å². The lowest BCUT2D eigenvalue weighted by atomic mass is 10.1. The van der Waals surface area contributed by atoms with Gasteiger partial charge in [0.05, 0.1) is 6.61 Å². The van der Waals surface area contributed by atoms with Crippen molar-refractivity contribution < 1.29 is 9.53 Å². The standard InChI is InChI=1S/C21H22N2O2/c1-2-25-16-9-7-15(8-10-16)21(24)23-13-11-18-17-5-3-4-6-19(17)22-20(18)12-14-23/h3-10,22H,2,11-14H2,1H3. The fourth-order valence-corrected chi connectivity index (χ4v) is 3.61. The molecule has 2 heterocycles. The van der Waals surface area contributed by atoms with E-state index in [2.05, 4.69) is 29.2 Å². The molecule has 0 fully saturated rings. The Kier molecular flexibility index (Phi) is 4.18. The molecule has 3 aromatic rings. The van der Waals surface area contributed by atoms with Gasteiger partial charge in [-0.15, -0.1) is 0 Å². The van der Waals surface area contributed by atoms with Crippen LogP contribution in [0.1, 0.15) is 28.5 Å². The van der Waals surface area contributed by atoms with Crippen molar-refractivity contribution in [3.05, 3.63) is 65.4 Å². The Hall–Kier alpha value is -2.75. The average Bonchev–Trinajstić information content (AvgIpc) is 2.86. The first kappa shape index (κ1) is 15.8. The van der Waals surface area contributed by atoms with Crippen molar-refractivity contribution in [1.82, 2.24) is 9.88 Å². The summed E-state index contributed by atoms with van der Waals surface area (Å²) < 4.78 is 5.45. The summed E-state index contributed by atoms with van der Waals surface area (Å²) >= 11 is 0. The van der Waals surface area contributed by atoms with Gasteiger partial charge in [0.1, 0.15) is 5.75 Å². The number of H-pyrrole nitrogens is 1. The van der Waals surface area contributed by atoms with Crippen molar-refractivity contribution in [1.29, 1.82) is 0 Å². The van der Waals surface area contributed by atoms with Gasteiger partial charge in [0.2, 0.25) is 0 Å². The van der Waals surface area contributed by atoms with Crippen molar-refractivity contribution >= 4 is 16.8 Å². The minimum Gasteiger partial charge on any atom is -0.494 e. The minimum absolute atomic E-state index is 0.0949. The second-order valence-electron chi connectivity index (χ2n) is 6.38. The smallest absolute Gasteiger partial charge is 0.253 e. The van der Waals surface area contributed by atoms with Crippen LogP contribution in [0.5, 0.6) is 5.75 Å². The van der Waals surface area contributed by atoms with E-state index in [-0.39, 0.29) is 5.91 Å². The van der Waals surface area contributed by atoms with E-state index in [1.165, 1.54) is 22.2 Å². The first-order valence-corrected chi connectivity index (χ1v) is 8.87. The summed E-state index contributed by atoms with van der Waals surface area (Å²) in [6.45, 7) is 4.08. The zero-order chi connectivity index (χ0) is 17.2. The lowest BCUT2D eigenvalue weighted by Crippen LogP contribution is -2.33. The van der Waals surface area contributed by atoms with E-state index in [9.17, 15) is 4.79 Å². The molecule has 2 aromatic carbocycles. The molecule has 25 heavy (non-hydrogen) atoms. The van der Waals surface area contributed by atoms with E-state index in [0.717, 1.165) is 37.2 Å². The Balaban J connectivity index is 1.52. The SMILES string of the molecule is CCOc1ccc(C(=O)N2CCc3[nH]c4ccccc4c3CC2)cc1. The molecule has 0 aliphatic carbocycles. The Morgan fingerprint density at radius 2 is 1.84 bits per heavy atom. The Morgan fingerprint density at radius 1 is 1.08 bits per heavy atom. The van der Waals surface area contributed by atoms with Crippen molar-refractivity contribution in [2.24, 2.45) is 0 Å². The highest BCUT2D eigenvalue weighted by Crippen LogP contribution is 2.26. The number of carbonyl (C=O) groups is 1. The number of rotatable bonds is 3. The minimum atomic E-state index is 0.0949. The van der Waals surface area contributed by atoms with E-state index in [1.807, 2.05) is 36.1 Å². The third-order valence-corrected chi connectivity index (χ3v) is 4.86. The van der Waals surface area contributed by atoms with Gasteiger partial charge in [-0.05, 0) is 49.2 Å². The third kappa shape index (κ3) is 3.00. The monoisotopic (exact) mass is 334 g/mol. The molecular formula is C21H22N2O2. The number of aromatic nitrogens is 1. The van der Waals surface area contributed by atoms with Crippen LogP contribution in [0.2, 0.25) is 0 Å². The number of hydrogen-bond donors (Lipinski definition) is 1. The molecule has 0 saturated heterocycles. The molecule has 4 heteroatoms. The Labute approximate surface area is 147 Å². The first-order chi connectivity index (χ1) is 12.3. The van der Waals surface area contributed by atoms with Gasteiger partial charge in [0, 0.05) is 41.7 Å². The fourth-order valence-electron chi connectivity index (χ4n) is 3.61. The molecule has 0 spiro atoms. The van der Waals surface area contributed by atoms with Crippen molar-refractivity contribution in [2.45, 2.75) is 19.8 Å². The zero-order valence-corrected chi connectivity index (χ0v) is 14.4. The van der Waals surface area contributed by atoms with Gasteiger partial charge in [-0.3, -0.25) is 4.79 Å². The molecular weight excluding hydrogens is 312 g/mol. The molecule has 0 atom stereocenters. The molecule has 1 aliphatic rings. The molecule has 1 aromatic heterocycles. The predicted molar refractivity (Wildman–Crippen MR) is 99.2 cm³/mol. The van der Waals surface area contributed by atoms with Crippen LogP contribution >= 0.6 is 0 Å². The quantitative estimate of drug-likeness (QED) is 0.792. The second-order valence-corrected chi connectivity index (χ2v) is 6.38. The maximum absolute atomic E-state index is 12.8. The summed E-state index contributed by atoms with van der Waals surface area (Å²) in [6.07, 6.45) is 1.76. The van der Waals surface area contributed by atoms with Gasteiger partial charge in [-0.25, -0.2) is 0 Å². The van der Waals surface area contributed by atoms with Crippen LogP contribution < -0.4 is 4.74 Å². The molecule has 1 N–H and O–H groups in total. The van der Waals surface area contributed by atoms with Gasteiger partial charge in [-0.1, -0.05) is 18.2 Å². The van der Waals surface area contributed by atoms with Gasteiger partial charge < -0.3 is 14.6 Å². The lowest BCUT2D eigenvalue weighted by molar-refractivity contribution is 0.0763. The lowest BCUT2D eigenvalue weighted by Gasteiger charge is -2.20. The van der Waals surface area contributed by atoms with Gasteiger partial charge in [0.25, 0.3) is 5.91 Å². The Morgan fingerprint density at radius 3 is 2.64 bits per heavy atom. The summed E-state index contributed by atoms with van der Waals surface area (Å²) in [4.78, 5) is 18.3. The van der Waals surface area contributed by atoms with E-state index >= 15 is 0 Å². The maximum Gasteiger partial charge on any atom is 0.253 e. The van der Waals surface area contributed by atoms with E-state index in [4.69, 9.17) is 4.74 Å². The number of ether oxygens (including phenoxy) is 1. The van der Waals surface area contributed by atoms with Crippen molar-refractivity contribution in [3.63, 3.8) is 0 Å². The number of para-hydroxylation sites is 1. The number of amides is 1. The van der Waals surface area contributed by atoms with Crippen LogP contribution in [0.25, 0.3) is 10.9 Å². The summed E-state index contributed by atoms with van der Waals surface area (Å²) in [7, 11) is 0. The molecule has 128 valence electrons. The van der Waals surface area contributed by atoms with E-state index in [1.54, 1.807) is 0 Å². The normalized spacial score (nSPS) is 14.2. The molecule has 1 aliphatic heterocycles. The van der Waals surface area contributed by atoms with Crippen LogP contribution in [-0.2, 0) is 12.8 Å². The van der Waals surface area contributed by atoms with Gasteiger partial charge in [0.15, 0.2) is 0 Å². The highest BCUT2D eigenvalue weighted by Gasteiger charge is 2.22. The summed E-state index contributed by atoms with van der Waals surface area (Å²) in [5, 5.41) is 1.29. The Bertz CT molecular complexity index is 896. The molecule has 1 amide bonds. The number of hydrogen-bond acceptors (Lipinski definition) is 2. The molecule has 0 saturated carbocycles. The fraction of sp³-hybridized carbons (Fsp3) is 0.286. The van der Waals surface area contributed by atoms with Crippen LogP contribution in [-0.4, -0.2) is 35.5 Å². The molecule has 4 rings (SSSR count). The highest BCUT2D eigenvalue weighted by atomic mass is 16.5. The molecule has 0 unspecified atom stereocenters. The predicted octanol–water partition coefficient (Wildman–Crippen LogP) is 3.81. The molecule has 0 bridgehead atoms. The number of aromatic amines is 1. The summed E-state index contributed by atoms with van der Waals surface area (Å²) in [5.41, 5.74) is 4.54. The van der Waals surface area contributed by atoms with Crippen molar-refractivity contribution in [2.75, 3.05) is 19.7 Å². The number of benzene rings is 2. The highest BCUT2D eigenvalue weighted by molar-refractivity contribution is 5.94. The number of carbonyl (C=O) groups excluding carboxylic acids is 1. The zero-order valence-electron chi connectivity index (χ0n) is 14.4. The van der Waals surface area contributed by atoms with Crippen LogP contribution in [0.3, 0.4) is 0 Å². The van der Waals surface area contributed by atoms with Crippen LogP contribution in [0.15, 0.2) is 48.5 Å². The summed E-state index contributed by atoms with van der Waals surface area (Å²) in [6, 6.07) is 15.8. The maximum atomic E-state index is 12.8. The molecule has 0 radical (unpaired) electrons. The third-order valence-electron chi connectivity index (χ3n) is 4.86. The average molecular weight is 334 g/mol. The summed E-state index contributed by atoms with van der Waals surface area (Å²) in [5.74, 6) is 0.897. The van der Waals surface area contributed by atoms with Gasteiger partial charge >= 0.3 is 0 Å². The van der Waals surface area contributed by atoms with Crippen LogP contribution in [0, 0.1) is 0 Å². The van der Waals surface area contributed by atoms with Gasteiger partial charge in [-0.2, -0.15) is 0 Å². The van der Waals surface area contributed by atoms with Crippen LogP contribution in [0.4, 0.5) is 0 Å². The van der Waals surface area contributed by atoms with E-state index < -0.39 is 0 Å². The van der Waals surface area contributed by atoms with Crippen molar-refractivity contribution in [3.8, 4) is 5.75 Å². The number of nitrogens with zero attached hydrogens (tertiary/aromatic N) is 1. The topological polar surface area (TPSA) is 45.3 Å². The second kappa shape index (κ2) is 6.63.